The molecule has 1 N–H and O–H groups in total. The molecule has 2 unspecified atom stereocenters. The lowest BCUT2D eigenvalue weighted by atomic mass is 9.79. The number of Topliss-reactive ketones (excluding diaryl/α,β-unsaturated/α-hetero) is 1. The highest BCUT2D eigenvalue weighted by Gasteiger charge is 2.55. The Balaban J connectivity index is 3.39. The third-order valence-corrected chi connectivity index (χ3v) is 5.11. The summed E-state index contributed by atoms with van der Waals surface area (Å²) in [5.41, 5.74) is -3.01. The van der Waals surface area contributed by atoms with Crippen LogP contribution in [0.4, 0.5) is 4.39 Å². The summed E-state index contributed by atoms with van der Waals surface area (Å²) in [5, 5.41) is 11.4. The van der Waals surface area contributed by atoms with Crippen LogP contribution in [0, 0.1) is 11.7 Å². The first-order valence-electron chi connectivity index (χ1n) is 11.7. The van der Waals surface area contributed by atoms with Crippen LogP contribution in [-0.4, -0.2) is 54.2 Å². The topological polar surface area (TPSA) is 116 Å². The maximum atomic E-state index is 13.4. The quantitative estimate of drug-likeness (QED) is 0.124. The summed E-state index contributed by atoms with van der Waals surface area (Å²) in [6.07, 6.45) is 2.65. The van der Waals surface area contributed by atoms with Crippen molar-refractivity contribution in [2.75, 3.05) is 19.8 Å². The summed E-state index contributed by atoms with van der Waals surface area (Å²) in [7, 11) is 0. The summed E-state index contributed by atoms with van der Waals surface area (Å²) < 4.78 is 28.7. The van der Waals surface area contributed by atoms with Crippen LogP contribution in [0.3, 0.4) is 0 Å². The van der Waals surface area contributed by atoms with Crippen LogP contribution < -0.4 is 0 Å². The van der Waals surface area contributed by atoms with Gasteiger partial charge in [-0.15, -0.1) is 0 Å². The Morgan fingerprint density at radius 3 is 1.88 bits per heavy atom. The van der Waals surface area contributed by atoms with Gasteiger partial charge in [0.25, 0.3) is 0 Å². The molecule has 0 heterocycles. The van der Waals surface area contributed by atoms with Crippen LogP contribution >= 0.6 is 0 Å². The number of benzene rings is 1. The molecule has 1 aromatic carbocycles. The lowest BCUT2D eigenvalue weighted by molar-refractivity contribution is -0.183. The molecule has 0 radical (unpaired) electrons. The molecule has 0 aliphatic rings. The molecule has 0 bridgehead atoms. The normalized spacial score (nSPS) is 13.4. The SMILES string of the molecule is CCCCOC(=O)CC(O)(C(=O)OCCCC)C(C(=O)OCCCC)C(=O)c1ccc(F)cc1. The highest BCUT2D eigenvalue weighted by atomic mass is 19.1. The number of rotatable bonds is 16. The predicted molar refractivity (Wildman–Crippen MR) is 121 cm³/mol. The second kappa shape index (κ2) is 15.2. The first-order chi connectivity index (χ1) is 16.2. The van der Waals surface area contributed by atoms with Crippen molar-refractivity contribution in [2.45, 2.75) is 71.3 Å². The van der Waals surface area contributed by atoms with Crippen LogP contribution in [0.2, 0.25) is 0 Å². The molecule has 34 heavy (non-hydrogen) atoms. The second-order valence-corrected chi connectivity index (χ2v) is 7.99. The van der Waals surface area contributed by atoms with Crippen LogP contribution in [-0.2, 0) is 28.6 Å². The molecule has 1 rings (SSSR count). The van der Waals surface area contributed by atoms with Crippen molar-refractivity contribution in [2.24, 2.45) is 5.92 Å². The van der Waals surface area contributed by atoms with Crippen molar-refractivity contribution >= 4 is 23.7 Å². The molecular weight excluding hydrogens is 447 g/mol. The highest BCUT2D eigenvalue weighted by Crippen LogP contribution is 2.30. The largest absolute Gasteiger partial charge is 0.466 e. The maximum Gasteiger partial charge on any atom is 0.340 e. The van der Waals surface area contributed by atoms with Gasteiger partial charge < -0.3 is 19.3 Å². The molecule has 0 spiro atoms. The first kappa shape index (κ1) is 29.2. The van der Waals surface area contributed by atoms with Crippen molar-refractivity contribution < 1.29 is 42.9 Å². The van der Waals surface area contributed by atoms with E-state index in [0.29, 0.717) is 32.1 Å². The van der Waals surface area contributed by atoms with Crippen molar-refractivity contribution in [3.63, 3.8) is 0 Å². The molecule has 0 fully saturated rings. The Kier molecular flexibility index (Phi) is 13.0. The van der Waals surface area contributed by atoms with Gasteiger partial charge in [0.2, 0.25) is 0 Å². The highest BCUT2D eigenvalue weighted by molar-refractivity contribution is 6.13. The van der Waals surface area contributed by atoms with Gasteiger partial charge in [0.15, 0.2) is 17.3 Å². The van der Waals surface area contributed by atoms with Gasteiger partial charge in [-0.25, -0.2) is 9.18 Å². The minimum Gasteiger partial charge on any atom is -0.466 e. The van der Waals surface area contributed by atoms with E-state index in [4.69, 9.17) is 14.2 Å². The van der Waals surface area contributed by atoms with Gasteiger partial charge in [-0.05, 0) is 43.5 Å². The fourth-order valence-electron chi connectivity index (χ4n) is 3.03. The number of halogens is 1. The smallest absolute Gasteiger partial charge is 0.340 e. The zero-order chi connectivity index (χ0) is 25.6. The van der Waals surface area contributed by atoms with Crippen LogP contribution in [0.15, 0.2) is 24.3 Å². The summed E-state index contributed by atoms with van der Waals surface area (Å²) in [6.45, 7) is 5.53. The number of unbranched alkanes of at least 4 members (excludes halogenated alkanes) is 3. The Labute approximate surface area is 199 Å². The molecule has 2 atom stereocenters. The summed E-state index contributed by atoms with van der Waals surface area (Å²) in [4.78, 5) is 51.7. The fraction of sp³-hybridized carbons (Fsp3) is 0.600. The van der Waals surface area contributed by atoms with Gasteiger partial charge in [-0.3, -0.25) is 14.4 Å². The average Bonchev–Trinajstić information content (AvgIpc) is 2.80. The molecule has 1 aromatic rings. The number of ketones is 1. The Morgan fingerprint density at radius 2 is 1.35 bits per heavy atom. The van der Waals surface area contributed by atoms with Gasteiger partial charge in [0, 0.05) is 5.56 Å². The maximum absolute atomic E-state index is 13.4. The van der Waals surface area contributed by atoms with E-state index in [1.807, 2.05) is 20.8 Å². The van der Waals surface area contributed by atoms with Gasteiger partial charge in [-0.2, -0.15) is 0 Å². The number of ether oxygens (including phenoxy) is 3. The number of hydrogen-bond donors (Lipinski definition) is 1. The van der Waals surface area contributed by atoms with Crippen LogP contribution in [0.1, 0.15) is 76.1 Å². The Morgan fingerprint density at radius 1 is 0.853 bits per heavy atom. The molecule has 0 aromatic heterocycles. The van der Waals surface area contributed by atoms with E-state index in [0.717, 1.165) is 30.7 Å². The number of carbonyl (C=O) groups excluding carboxylic acids is 4. The lowest BCUT2D eigenvalue weighted by Gasteiger charge is -2.31. The summed E-state index contributed by atoms with van der Waals surface area (Å²) in [5.74, 6) is -7.19. The molecule has 0 aliphatic carbocycles. The molecule has 0 saturated heterocycles. The molecule has 0 aliphatic heterocycles. The fourth-order valence-corrected chi connectivity index (χ4v) is 3.03. The zero-order valence-corrected chi connectivity index (χ0v) is 20.1. The average molecular weight is 483 g/mol. The first-order valence-corrected chi connectivity index (χ1v) is 11.7. The molecule has 190 valence electrons. The third kappa shape index (κ3) is 8.85. The van der Waals surface area contributed by atoms with E-state index in [-0.39, 0.29) is 25.4 Å². The van der Waals surface area contributed by atoms with E-state index in [9.17, 15) is 28.7 Å². The van der Waals surface area contributed by atoms with Gasteiger partial charge >= 0.3 is 17.9 Å². The Bertz CT molecular complexity index is 808. The molecule has 8 nitrogen and oxygen atoms in total. The minimum atomic E-state index is -2.87. The molecule has 0 saturated carbocycles. The van der Waals surface area contributed by atoms with E-state index in [1.54, 1.807) is 0 Å². The monoisotopic (exact) mass is 482 g/mol. The van der Waals surface area contributed by atoms with Gasteiger partial charge in [-0.1, -0.05) is 40.0 Å². The standard InChI is InChI=1S/C25H35FO8/c1-4-7-14-32-20(27)17-25(31,24(30)34-16-9-6-3)21(23(29)33-15-8-5-2)22(28)18-10-12-19(26)13-11-18/h10-13,21,31H,4-9,14-17H2,1-3H3. The molecule has 0 amide bonds. The number of aliphatic hydroxyl groups is 1. The van der Waals surface area contributed by atoms with E-state index in [2.05, 4.69) is 0 Å². The van der Waals surface area contributed by atoms with Crippen molar-refractivity contribution in [1.29, 1.82) is 0 Å². The lowest BCUT2D eigenvalue weighted by Crippen LogP contribution is -2.55. The number of esters is 3. The van der Waals surface area contributed by atoms with E-state index >= 15 is 0 Å². The van der Waals surface area contributed by atoms with Crippen molar-refractivity contribution in [1.82, 2.24) is 0 Å². The van der Waals surface area contributed by atoms with Crippen molar-refractivity contribution in [3.8, 4) is 0 Å². The summed E-state index contributed by atoms with van der Waals surface area (Å²) in [6, 6.07) is 4.24. The van der Waals surface area contributed by atoms with Gasteiger partial charge in [0.05, 0.1) is 26.2 Å². The zero-order valence-electron chi connectivity index (χ0n) is 20.1. The van der Waals surface area contributed by atoms with Crippen LogP contribution in [0.25, 0.3) is 0 Å². The van der Waals surface area contributed by atoms with Crippen molar-refractivity contribution in [3.05, 3.63) is 35.6 Å². The predicted octanol–water partition coefficient (Wildman–Crippen LogP) is 3.78. The second-order valence-electron chi connectivity index (χ2n) is 7.99. The number of hydrogen-bond acceptors (Lipinski definition) is 8. The van der Waals surface area contributed by atoms with E-state index < -0.39 is 47.4 Å². The van der Waals surface area contributed by atoms with Gasteiger partial charge in [0.1, 0.15) is 5.82 Å². The molecule has 9 heteroatoms. The van der Waals surface area contributed by atoms with Crippen LogP contribution in [0.5, 0.6) is 0 Å². The Hall–Kier alpha value is -2.81. The van der Waals surface area contributed by atoms with E-state index in [1.165, 1.54) is 0 Å². The molecular formula is C25H35FO8. The number of carbonyl (C=O) groups is 4. The third-order valence-electron chi connectivity index (χ3n) is 5.11. The summed E-state index contributed by atoms with van der Waals surface area (Å²) >= 11 is 0. The minimum absolute atomic E-state index is 0.0494.